The van der Waals surface area contributed by atoms with Crippen molar-refractivity contribution in [2.75, 3.05) is 39.6 Å². The lowest BCUT2D eigenvalue weighted by Crippen LogP contribution is -2.30. The summed E-state index contributed by atoms with van der Waals surface area (Å²) in [7, 11) is -9.92. The predicted octanol–water partition coefficient (Wildman–Crippen LogP) is 25.6. The molecule has 0 saturated heterocycles. The third-order valence-corrected chi connectivity index (χ3v) is 21.7. The molecule has 0 amide bonds. The number of esters is 4. The third kappa shape index (κ3) is 78.0. The summed E-state index contributed by atoms with van der Waals surface area (Å²) < 4.78 is 68.9. The molecule has 3 N–H and O–H groups in total. The number of phosphoric ester groups is 2. The molecule has 2 unspecified atom stereocenters. The summed E-state index contributed by atoms with van der Waals surface area (Å²) in [6.45, 7) is 7.39. The van der Waals surface area contributed by atoms with E-state index in [1.807, 2.05) is 0 Å². The fourth-order valence-corrected chi connectivity index (χ4v) is 14.7. The van der Waals surface area contributed by atoms with Crippen molar-refractivity contribution >= 4 is 39.5 Å². The van der Waals surface area contributed by atoms with Crippen molar-refractivity contribution in [2.45, 2.75) is 470 Å². The molecular formula is C84H164O17P2. The van der Waals surface area contributed by atoms with Crippen LogP contribution in [0.2, 0.25) is 0 Å². The molecule has 0 heterocycles. The Morgan fingerprint density at radius 3 is 0.660 bits per heavy atom. The summed E-state index contributed by atoms with van der Waals surface area (Å²) in [4.78, 5) is 73.2. The van der Waals surface area contributed by atoms with Gasteiger partial charge in [0, 0.05) is 25.7 Å². The molecule has 0 aliphatic rings. The van der Waals surface area contributed by atoms with Crippen LogP contribution in [0.4, 0.5) is 0 Å². The predicted molar refractivity (Wildman–Crippen MR) is 423 cm³/mol. The minimum atomic E-state index is -4.96. The maximum absolute atomic E-state index is 13.1. The number of phosphoric acid groups is 2. The molecule has 0 aromatic carbocycles. The Labute approximate surface area is 632 Å². The van der Waals surface area contributed by atoms with E-state index in [2.05, 4.69) is 34.6 Å². The van der Waals surface area contributed by atoms with Crippen LogP contribution in [0.25, 0.3) is 0 Å². The molecule has 0 aliphatic carbocycles. The van der Waals surface area contributed by atoms with Crippen LogP contribution >= 0.6 is 15.6 Å². The third-order valence-electron chi connectivity index (χ3n) is 19.8. The number of unbranched alkanes of at least 4 members (excludes halogenated alkanes) is 56. The summed E-state index contributed by atoms with van der Waals surface area (Å²) in [5.74, 6) is -1.30. The van der Waals surface area contributed by atoms with Gasteiger partial charge in [0.1, 0.15) is 19.3 Å². The second kappa shape index (κ2) is 76.8. The van der Waals surface area contributed by atoms with Crippen LogP contribution in [0.1, 0.15) is 452 Å². The van der Waals surface area contributed by atoms with E-state index >= 15 is 0 Å². The van der Waals surface area contributed by atoms with Crippen molar-refractivity contribution in [1.29, 1.82) is 0 Å². The highest BCUT2D eigenvalue weighted by Crippen LogP contribution is 2.45. The largest absolute Gasteiger partial charge is 0.472 e. The molecular weight excluding hydrogens is 1340 g/mol. The first-order valence-corrected chi connectivity index (χ1v) is 46.6. The van der Waals surface area contributed by atoms with Gasteiger partial charge in [-0.1, -0.05) is 401 Å². The normalized spacial score (nSPS) is 13.8. The zero-order valence-corrected chi connectivity index (χ0v) is 69.3. The number of rotatable bonds is 84. The standard InChI is InChI=1S/C84H164O17P2/c1-6-9-12-15-18-21-24-27-29-31-32-34-40-45-50-55-60-65-70-84(89)101-80(74-95-82(87)68-63-58-53-48-43-38-36-35-37-41-46-51-56-61-66-77(4)5)76-99-103(92,93)97-72-78(85)71-96-102(90,91)98-75-79(73-94-81(86)67-62-57-52-47-42-26-23-20-17-14-11-8-3)100-83(88)69-64-59-54-49-44-39-33-30-28-25-22-19-16-13-10-7-2/h77-80,85H,6-76H2,1-5H3,(H,90,91)(H,92,93)/t78-,79+,80+/m0/s1. The number of hydrogen-bond donors (Lipinski definition) is 3. The number of ether oxygens (including phenoxy) is 4. The van der Waals surface area contributed by atoms with Gasteiger partial charge in [-0.05, 0) is 31.6 Å². The molecule has 612 valence electrons. The maximum Gasteiger partial charge on any atom is 0.472 e. The average Bonchev–Trinajstić information content (AvgIpc) is 0.990. The van der Waals surface area contributed by atoms with Gasteiger partial charge in [0.05, 0.1) is 26.4 Å². The highest BCUT2D eigenvalue weighted by molar-refractivity contribution is 7.47. The molecule has 0 aliphatic heterocycles. The fraction of sp³-hybridized carbons (Fsp3) is 0.952. The molecule has 5 atom stereocenters. The van der Waals surface area contributed by atoms with E-state index in [4.69, 9.17) is 37.0 Å². The van der Waals surface area contributed by atoms with Crippen molar-refractivity contribution < 1.29 is 80.2 Å². The molecule has 0 aromatic heterocycles. The van der Waals surface area contributed by atoms with Crippen molar-refractivity contribution in [2.24, 2.45) is 5.92 Å². The van der Waals surface area contributed by atoms with Crippen molar-refractivity contribution in [3.8, 4) is 0 Å². The first kappa shape index (κ1) is 101. The van der Waals surface area contributed by atoms with Crippen LogP contribution < -0.4 is 0 Å². The molecule has 19 heteroatoms. The summed E-state index contributed by atoms with van der Waals surface area (Å²) in [5.41, 5.74) is 0. The number of carbonyl (C=O) groups excluding carboxylic acids is 4. The Bertz CT molecular complexity index is 1960. The minimum Gasteiger partial charge on any atom is -0.462 e. The minimum absolute atomic E-state index is 0.109. The highest BCUT2D eigenvalue weighted by atomic mass is 31.2. The zero-order chi connectivity index (χ0) is 75.5. The van der Waals surface area contributed by atoms with Crippen molar-refractivity contribution in [1.82, 2.24) is 0 Å². The Morgan fingerprint density at radius 1 is 0.262 bits per heavy atom. The van der Waals surface area contributed by atoms with Crippen molar-refractivity contribution in [3.05, 3.63) is 0 Å². The van der Waals surface area contributed by atoms with Crippen molar-refractivity contribution in [3.63, 3.8) is 0 Å². The number of aliphatic hydroxyl groups is 1. The van der Waals surface area contributed by atoms with Gasteiger partial charge in [0.15, 0.2) is 12.2 Å². The molecule has 0 radical (unpaired) electrons. The lowest BCUT2D eigenvalue weighted by Gasteiger charge is -2.21. The smallest absolute Gasteiger partial charge is 0.462 e. The Kier molecular flexibility index (Phi) is 75.4. The van der Waals surface area contributed by atoms with Gasteiger partial charge in [-0.25, -0.2) is 9.13 Å². The van der Waals surface area contributed by atoms with E-state index in [1.54, 1.807) is 0 Å². The average molecular weight is 1510 g/mol. The molecule has 103 heavy (non-hydrogen) atoms. The monoisotopic (exact) mass is 1510 g/mol. The molecule has 0 aromatic rings. The van der Waals surface area contributed by atoms with E-state index in [1.165, 1.54) is 276 Å². The van der Waals surface area contributed by atoms with E-state index in [0.29, 0.717) is 25.7 Å². The Morgan fingerprint density at radius 2 is 0.447 bits per heavy atom. The number of aliphatic hydroxyl groups excluding tert-OH is 1. The Hall–Kier alpha value is -1.94. The summed E-state index contributed by atoms with van der Waals surface area (Å²) in [6.07, 6.45) is 69.2. The fourth-order valence-electron chi connectivity index (χ4n) is 13.1. The van der Waals surface area contributed by atoms with E-state index in [9.17, 15) is 43.2 Å². The van der Waals surface area contributed by atoms with Gasteiger partial charge in [-0.3, -0.25) is 37.3 Å². The molecule has 0 saturated carbocycles. The molecule has 17 nitrogen and oxygen atoms in total. The second-order valence-electron chi connectivity index (χ2n) is 30.7. The molecule has 0 fully saturated rings. The van der Waals surface area contributed by atoms with Crippen LogP contribution in [0.5, 0.6) is 0 Å². The molecule has 0 bridgehead atoms. The zero-order valence-electron chi connectivity index (χ0n) is 67.5. The lowest BCUT2D eigenvalue weighted by molar-refractivity contribution is -0.161. The second-order valence-corrected chi connectivity index (χ2v) is 33.6. The first-order chi connectivity index (χ1) is 50.0. The summed E-state index contributed by atoms with van der Waals surface area (Å²) in [5, 5.41) is 10.7. The van der Waals surface area contributed by atoms with E-state index in [0.717, 1.165) is 95.8 Å². The van der Waals surface area contributed by atoms with Gasteiger partial charge in [-0.2, -0.15) is 0 Å². The lowest BCUT2D eigenvalue weighted by atomic mass is 10.0. The van der Waals surface area contributed by atoms with Crippen LogP contribution in [0, 0.1) is 5.92 Å². The quantitative estimate of drug-likeness (QED) is 0.0222. The highest BCUT2D eigenvalue weighted by Gasteiger charge is 2.30. The van der Waals surface area contributed by atoms with E-state index in [-0.39, 0.29) is 25.7 Å². The molecule has 0 rings (SSSR count). The summed E-state index contributed by atoms with van der Waals surface area (Å²) >= 11 is 0. The van der Waals surface area contributed by atoms with Crippen LogP contribution in [-0.4, -0.2) is 96.7 Å². The number of carbonyl (C=O) groups is 4. The van der Waals surface area contributed by atoms with Crippen LogP contribution in [0.15, 0.2) is 0 Å². The van der Waals surface area contributed by atoms with Gasteiger partial charge in [0.25, 0.3) is 0 Å². The van der Waals surface area contributed by atoms with Gasteiger partial charge >= 0.3 is 39.5 Å². The van der Waals surface area contributed by atoms with E-state index < -0.39 is 97.5 Å². The van der Waals surface area contributed by atoms with Gasteiger partial charge in [-0.15, -0.1) is 0 Å². The summed E-state index contributed by atoms with van der Waals surface area (Å²) in [6, 6.07) is 0. The topological polar surface area (TPSA) is 237 Å². The van der Waals surface area contributed by atoms with Gasteiger partial charge in [0.2, 0.25) is 0 Å². The number of hydrogen-bond acceptors (Lipinski definition) is 15. The SMILES string of the molecule is CCCCCCCCCCCCCCCCCCCCC(=O)O[C@H](COC(=O)CCCCCCCCCCCCCCCCC(C)C)COP(=O)(O)OC[C@@H](O)COP(=O)(O)OC[C@@H](COC(=O)CCCCCCCCCCCCCC)OC(=O)CCCCCCCCCCCCCCCCCC. The van der Waals surface area contributed by atoms with Crippen LogP contribution in [0.3, 0.4) is 0 Å². The Balaban J connectivity index is 5.26. The van der Waals surface area contributed by atoms with Crippen LogP contribution in [-0.2, 0) is 65.4 Å². The first-order valence-electron chi connectivity index (χ1n) is 43.6. The maximum atomic E-state index is 13.1. The molecule has 0 spiro atoms. The van der Waals surface area contributed by atoms with Gasteiger partial charge < -0.3 is 33.8 Å².